The molecule has 0 heterocycles. The lowest BCUT2D eigenvalue weighted by Crippen LogP contribution is -2.71. The summed E-state index contributed by atoms with van der Waals surface area (Å²) in [6.45, 7) is 4.49. The van der Waals surface area contributed by atoms with Crippen molar-refractivity contribution in [2.24, 2.45) is 0 Å². The molecule has 0 saturated heterocycles. The molecule has 1 atom stereocenters. The van der Waals surface area contributed by atoms with E-state index < -0.39 is 8.56 Å². The number of hydrogen-bond donors (Lipinski definition) is 3. The summed E-state index contributed by atoms with van der Waals surface area (Å²) in [5.74, 6) is 0. The van der Waals surface area contributed by atoms with Gasteiger partial charge >= 0.3 is 0 Å². The van der Waals surface area contributed by atoms with E-state index in [-0.39, 0.29) is 0 Å². The van der Waals surface area contributed by atoms with Crippen LogP contribution in [0.4, 0.5) is 0 Å². The van der Waals surface area contributed by atoms with Crippen LogP contribution in [0.5, 0.6) is 0 Å². The van der Waals surface area contributed by atoms with E-state index in [1.54, 1.807) is 0 Å². The second-order valence-electron chi connectivity index (χ2n) is 2.87. The molecule has 68 valence electrons. The first-order valence-corrected chi connectivity index (χ1v) is 6.31. The Hall–Kier alpha value is 0.0969. The van der Waals surface area contributed by atoms with Crippen molar-refractivity contribution >= 4 is 8.56 Å². The molecule has 0 fully saturated rings. The Labute approximate surface area is 71.2 Å². The fourth-order valence-corrected chi connectivity index (χ4v) is 4.26. The van der Waals surface area contributed by atoms with E-state index in [2.05, 4.69) is 28.8 Å². The molecule has 0 radical (unpaired) electrons. The largest absolute Gasteiger partial charge is 0.316 e. The number of nitrogens with one attached hydrogen (secondary N) is 3. The third kappa shape index (κ3) is 2.26. The van der Waals surface area contributed by atoms with Gasteiger partial charge in [0.15, 0.2) is 0 Å². The summed E-state index contributed by atoms with van der Waals surface area (Å²) in [6.07, 6.45) is 1.20. The van der Waals surface area contributed by atoms with Crippen LogP contribution in [-0.4, -0.2) is 29.7 Å². The highest BCUT2D eigenvalue weighted by atomic mass is 28.4. The van der Waals surface area contributed by atoms with Gasteiger partial charge in [-0.2, -0.15) is 0 Å². The van der Waals surface area contributed by atoms with Crippen LogP contribution in [0.25, 0.3) is 0 Å². The topological polar surface area (TPSA) is 36.1 Å². The average molecular weight is 175 g/mol. The van der Waals surface area contributed by atoms with Gasteiger partial charge in [-0.05, 0) is 26.7 Å². The van der Waals surface area contributed by atoms with Crippen molar-refractivity contribution in [2.75, 3.05) is 21.1 Å². The van der Waals surface area contributed by atoms with Gasteiger partial charge in [-0.1, -0.05) is 20.3 Å². The molecule has 0 rings (SSSR count). The molecule has 0 aromatic heterocycles. The summed E-state index contributed by atoms with van der Waals surface area (Å²) in [7, 11) is 4.49. The molecule has 4 heteroatoms. The lowest BCUT2D eigenvalue weighted by Gasteiger charge is -2.34. The van der Waals surface area contributed by atoms with Crippen LogP contribution >= 0.6 is 0 Å². The molecule has 0 aromatic carbocycles. The minimum atomic E-state index is -1.57. The van der Waals surface area contributed by atoms with E-state index in [4.69, 9.17) is 0 Å². The van der Waals surface area contributed by atoms with Crippen LogP contribution in [0.15, 0.2) is 0 Å². The Kier molecular flexibility index (Phi) is 4.91. The molecule has 0 aliphatic carbocycles. The molecule has 0 saturated carbocycles. The second-order valence-corrected chi connectivity index (χ2v) is 6.97. The first kappa shape index (κ1) is 11.1. The summed E-state index contributed by atoms with van der Waals surface area (Å²) < 4.78 is 0. The van der Waals surface area contributed by atoms with Crippen molar-refractivity contribution in [1.82, 2.24) is 14.9 Å². The van der Waals surface area contributed by atoms with Gasteiger partial charge in [-0.15, -0.1) is 0 Å². The normalized spacial score (nSPS) is 15.0. The predicted octanol–water partition coefficient (Wildman–Crippen LogP) is 0.384. The first-order valence-electron chi connectivity index (χ1n) is 4.23. The van der Waals surface area contributed by atoms with E-state index in [1.807, 2.05) is 21.1 Å². The zero-order valence-corrected chi connectivity index (χ0v) is 9.28. The Morgan fingerprint density at radius 1 is 1.09 bits per heavy atom. The van der Waals surface area contributed by atoms with E-state index >= 15 is 0 Å². The molecule has 1 unspecified atom stereocenters. The molecule has 0 amide bonds. The maximum Gasteiger partial charge on any atom is 0.283 e. The number of rotatable bonds is 5. The van der Waals surface area contributed by atoms with Crippen molar-refractivity contribution < 1.29 is 0 Å². The number of hydrogen-bond acceptors (Lipinski definition) is 3. The molecular formula is C7H21N3Si. The molecule has 0 bridgehead atoms. The summed E-state index contributed by atoms with van der Waals surface area (Å²) in [4.78, 5) is 10.1. The second kappa shape index (κ2) is 4.87. The minimum absolute atomic E-state index is 0.697. The zero-order valence-electron chi connectivity index (χ0n) is 8.28. The fraction of sp³-hybridized carbons (Fsp3) is 1.00. The quantitative estimate of drug-likeness (QED) is 0.529. The molecule has 0 aromatic rings. The molecular weight excluding hydrogens is 154 g/mol. The smallest absolute Gasteiger partial charge is 0.283 e. The van der Waals surface area contributed by atoms with Crippen LogP contribution in [0.3, 0.4) is 0 Å². The van der Waals surface area contributed by atoms with Gasteiger partial charge in [-0.3, -0.25) is 0 Å². The summed E-state index contributed by atoms with van der Waals surface area (Å²) >= 11 is 0. The monoisotopic (exact) mass is 175 g/mol. The maximum absolute atomic E-state index is 3.38. The van der Waals surface area contributed by atoms with Crippen LogP contribution in [0.2, 0.25) is 5.54 Å². The molecule has 3 nitrogen and oxygen atoms in total. The van der Waals surface area contributed by atoms with Crippen molar-refractivity contribution in [3.05, 3.63) is 0 Å². The molecule has 0 aliphatic rings. The highest BCUT2D eigenvalue weighted by molar-refractivity contribution is 6.73. The third-order valence-electron chi connectivity index (χ3n) is 2.53. The van der Waals surface area contributed by atoms with Crippen LogP contribution in [-0.2, 0) is 0 Å². The van der Waals surface area contributed by atoms with Crippen molar-refractivity contribution in [3.8, 4) is 0 Å². The molecule has 3 N–H and O–H groups in total. The van der Waals surface area contributed by atoms with Crippen LogP contribution in [0.1, 0.15) is 20.3 Å². The van der Waals surface area contributed by atoms with Crippen molar-refractivity contribution in [2.45, 2.75) is 25.8 Å². The standard InChI is InChI=1S/C7H21N3Si/c1-6-7(2)11(8-3,9-4)10-5/h7-10H,6H2,1-5H3. The maximum atomic E-state index is 3.38. The highest BCUT2D eigenvalue weighted by Gasteiger charge is 2.34. The van der Waals surface area contributed by atoms with Gasteiger partial charge in [0.1, 0.15) is 0 Å². The zero-order chi connectivity index (χ0) is 8.91. The lowest BCUT2D eigenvalue weighted by atomic mass is 10.4. The lowest BCUT2D eigenvalue weighted by molar-refractivity contribution is 0.740. The SMILES string of the molecule is CCC(C)[Si](NC)(NC)NC. The molecule has 0 aliphatic heterocycles. The van der Waals surface area contributed by atoms with Crippen molar-refractivity contribution in [3.63, 3.8) is 0 Å². The van der Waals surface area contributed by atoms with Gasteiger partial charge in [0.2, 0.25) is 0 Å². The Bertz CT molecular complexity index is 95.6. The Balaban J connectivity index is 4.26. The van der Waals surface area contributed by atoms with Gasteiger partial charge in [0, 0.05) is 0 Å². The third-order valence-corrected chi connectivity index (χ3v) is 6.79. The Morgan fingerprint density at radius 2 is 1.45 bits per heavy atom. The van der Waals surface area contributed by atoms with Gasteiger partial charge in [0.25, 0.3) is 8.56 Å². The molecule has 0 spiro atoms. The predicted molar refractivity (Wildman–Crippen MR) is 52.6 cm³/mol. The van der Waals surface area contributed by atoms with Crippen LogP contribution in [0, 0.1) is 0 Å². The van der Waals surface area contributed by atoms with Gasteiger partial charge < -0.3 is 14.9 Å². The highest BCUT2D eigenvalue weighted by Crippen LogP contribution is 2.15. The fourth-order valence-electron chi connectivity index (χ4n) is 1.42. The van der Waals surface area contributed by atoms with E-state index in [9.17, 15) is 0 Å². The Morgan fingerprint density at radius 3 is 1.55 bits per heavy atom. The van der Waals surface area contributed by atoms with E-state index in [0.717, 1.165) is 0 Å². The van der Waals surface area contributed by atoms with E-state index in [0.29, 0.717) is 5.54 Å². The van der Waals surface area contributed by atoms with Gasteiger partial charge in [0.05, 0.1) is 0 Å². The van der Waals surface area contributed by atoms with Crippen LogP contribution < -0.4 is 14.9 Å². The first-order chi connectivity index (χ1) is 5.16. The average Bonchev–Trinajstić information content (AvgIpc) is 2.08. The van der Waals surface area contributed by atoms with Crippen molar-refractivity contribution in [1.29, 1.82) is 0 Å². The minimum Gasteiger partial charge on any atom is -0.316 e. The molecule has 11 heavy (non-hydrogen) atoms. The van der Waals surface area contributed by atoms with E-state index in [1.165, 1.54) is 6.42 Å². The van der Waals surface area contributed by atoms with Gasteiger partial charge in [-0.25, -0.2) is 0 Å². The summed E-state index contributed by atoms with van der Waals surface area (Å²) in [6, 6.07) is 0. The summed E-state index contributed by atoms with van der Waals surface area (Å²) in [5, 5.41) is 0. The summed E-state index contributed by atoms with van der Waals surface area (Å²) in [5.41, 5.74) is 0.697.